The molecule has 2 aromatic rings. The Labute approximate surface area is 140 Å². The van der Waals surface area contributed by atoms with E-state index >= 15 is 0 Å². The maximum absolute atomic E-state index is 12.2. The molecule has 0 saturated heterocycles. The molecule has 0 bridgehead atoms. The molecule has 0 heterocycles. The second-order valence-electron chi connectivity index (χ2n) is 4.87. The molecule has 1 amide bonds. The van der Waals surface area contributed by atoms with Crippen LogP contribution < -0.4 is 10.1 Å². The lowest BCUT2D eigenvalue weighted by atomic mass is 10.1. The van der Waals surface area contributed by atoms with E-state index in [0.29, 0.717) is 5.56 Å². The van der Waals surface area contributed by atoms with Crippen LogP contribution in [0.1, 0.15) is 21.5 Å². The minimum absolute atomic E-state index is 0.137. The van der Waals surface area contributed by atoms with Gasteiger partial charge in [-0.15, -0.1) is 0 Å². The summed E-state index contributed by atoms with van der Waals surface area (Å²) in [5, 5.41) is 20.3. The van der Waals surface area contributed by atoms with E-state index in [-0.39, 0.29) is 22.6 Å². The monoisotopic (exact) mass is 345 g/mol. The Morgan fingerprint density at radius 1 is 1.08 bits per heavy atom. The molecule has 0 saturated carbocycles. The number of amides is 1. The first kappa shape index (κ1) is 17.8. The minimum Gasteiger partial charge on any atom is -0.483 e. The molecule has 5 nitrogen and oxygen atoms in total. The van der Waals surface area contributed by atoms with Crippen LogP contribution in [0.5, 0.6) is 5.75 Å². The van der Waals surface area contributed by atoms with Crippen LogP contribution >= 0.6 is 0 Å². The summed E-state index contributed by atoms with van der Waals surface area (Å²) in [4.78, 5) is 12.1. The van der Waals surface area contributed by atoms with Gasteiger partial charge in [-0.25, -0.2) is 0 Å². The summed E-state index contributed by atoms with van der Waals surface area (Å²) >= 11 is 0. The van der Waals surface area contributed by atoms with Gasteiger partial charge in [0.15, 0.2) is 6.61 Å². The van der Waals surface area contributed by atoms with E-state index in [9.17, 15) is 18.0 Å². The average Bonchev–Trinajstić information content (AvgIpc) is 2.59. The van der Waals surface area contributed by atoms with Gasteiger partial charge in [0.2, 0.25) is 0 Å². The van der Waals surface area contributed by atoms with E-state index < -0.39 is 18.7 Å². The van der Waals surface area contributed by atoms with Crippen LogP contribution in [0.2, 0.25) is 0 Å². The third kappa shape index (κ3) is 4.98. The number of rotatable bonds is 4. The van der Waals surface area contributed by atoms with Crippen molar-refractivity contribution in [2.45, 2.75) is 6.18 Å². The molecule has 0 aliphatic rings. The molecule has 1 N–H and O–H groups in total. The number of carbonyl (C=O) groups excluding carboxylic acids is 1. The molecule has 0 fully saturated rings. The first-order valence-electron chi connectivity index (χ1n) is 6.87. The Bertz CT molecular complexity index is 863. The third-order valence-electron chi connectivity index (χ3n) is 3.03. The standard InChI is InChI=1S/C17H10F3N3O2/c18-17(19,20)10-25-15-6-5-14(7-13(15)9-22)23-16(24)12-3-1-11(8-21)2-4-12/h1-7H,10H2,(H,23,24). The molecule has 0 radical (unpaired) electrons. The lowest BCUT2D eigenvalue weighted by Gasteiger charge is -2.12. The summed E-state index contributed by atoms with van der Waals surface area (Å²) in [5.41, 5.74) is 0.775. The fourth-order valence-corrected chi connectivity index (χ4v) is 1.88. The Kier molecular flexibility index (Phi) is 5.25. The highest BCUT2D eigenvalue weighted by molar-refractivity contribution is 6.04. The SMILES string of the molecule is N#Cc1ccc(C(=O)Nc2ccc(OCC(F)(F)F)c(C#N)c2)cc1. The highest BCUT2D eigenvalue weighted by Gasteiger charge is 2.28. The van der Waals surface area contributed by atoms with Crippen molar-refractivity contribution in [2.75, 3.05) is 11.9 Å². The van der Waals surface area contributed by atoms with Gasteiger partial charge in [-0.2, -0.15) is 23.7 Å². The largest absolute Gasteiger partial charge is 0.483 e. The predicted molar refractivity (Wildman–Crippen MR) is 81.8 cm³/mol. The van der Waals surface area contributed by atoms with E-state index in [1.54, 1.807) is 6.07 Å². The van der Waals surface area contributed by atoms with Gasteiger partial charge in [0.1, 0.15) is 11.8 Å². The minimum atomic E-state index is -4.52. The fraction of sp³-hybridized carbons (Fsp3) is 0.118. The number of nitriles is 2. The number of hydrogen-bond donors (Lipinski definition) is 1. The van der Waals surface area contributed by atoms with Crippen molar-refractivity contribution in [1.29, 1.82) is 10.5 Å². The number of alkyl halides is 3. The van der Waals surface area contributed by atoms with Gasteiger partial charge >= 0.3 is 6.18 Å². The van der Waals surface area contributed by atoms with Crippen molar-refractivity contribution in [2.24, 2.45) is 0 Å². The van der Waals surface area contributed by atoms with Gasteiger partial charge in [0.25, 0.3) is 5.91 Å². The van der Waals surface area contributed by atoms with Crippen molar-refractivity contribution in [1.82, 2.24) is 0 Å². The Morgan fingerprint density at radius 2 is 1.76 bits per heavy atom. The molecule has 8 heteroatoms. The van der Waals surface area contributed by atoms with Crippen LogP contribution in [0.15, 0.2) is 42.5 Å². The highest BCUT2D eigenvalue weighted by Crippen LogP contribution is 2.25. The van der Waals surface area contributed by atoms with Gasteiger partial charge in [-0.05, 0) is 42.5 Å². The quantitative estimate of drug-likeness (QED) is 0.917. The maximum Gasteiger partial charge on any atom is 0.422 e. The maximum atomic E-state index is 12.2. The number of ether oxygens (including phenoxy) is 1. The summed E-state index contributed by atoms with van der Waals surface area (Å²) < 4.78 is 41.1. The number of hydrogen-bond acceptors (Lipinski definition) is 4. The van der Waals surface area contributed by atoms with Gasteiger partial charge in [-0.1, -0.05) is 0 Å². The van der Waals surface area contributed by atoms with Gasteiger partial charge < -0.3 is 10.1 Å². The summed E-state index contributed by atoms with van der Waals surface area (Å²) in [6.45, 7) is -1.52. The number of anilines is 1. The first-order chi connectivity index (χ1) is 11.8. The third-order valence-corrected chi connectivity index (χ3v) is 3.03. The van der Waals surface area contributed by atoms with E-state index in [0.717, 1.165) is 0 Å². The van der Waals surface area contributed by atoms with Crippen LogP contribution in [0.25, 0.3) is 0 Å². The molecule has 2 rings (SSSR count). The lowest BCUT2D eigenvalue weighted by molar-refractivity contribution is -0.153. The molecular formula is C17H10F3N3O2. The normalized spacial score (nSPS) is 10.4. The number of halogens is 3. The Hall–Kier alpha value is -3.52. The summed E-state index contributed by atoms with van der Waals surface area (Å²) in [6, 6.07) is 13.2. The summed E-state index contributed by atoms with van der Waals surface area (Å²) in [5.74, 6) is -0.714. The fourth-order valence-electron chi connectivity index (χ4n) is 1.88. The van der Waals surface area contributed by atoms with Crippen molar-refractivity contribution in [3.63, 3.8) is 0 Å². The predicted octanol–water partition coefficient (Wildman–Crippen LogP) is 3.62. The molecule has 0 aliphatic heterocycles. The molecule has 126 valence electrons. The van der Waals surface area contributed by atoms with E-state index in [1.807, 2.05) is 6.07 Å². The molecular weight excluding hydrogens is 335 g/mol. The van der Waals surface area contributed by atoms with Gasteiger partial charge in [-0.3, -0.25) is 4.79 Å². The lowest BCUT2D eigenvalue weighted by Crippen LogP contribution is -2.19. The number of benzene rings is 2. The van der Waals surface area contributed by atoms with Crippen LogP contribution in [0, 0.1) is 22.7 Å². The van der Waals surface area contributed by atoms with E-state index in [1.165, 1.54) is 42.5 Å². The zero-order chi connectivity index (χ0) is 18.4. The molecule has 0 aromatic heterocycles. The zero-order valence-corrected chi connectivity index (χ0v) is 12.6. The van der Waals surface area contributed by atoms with Crippen LogP contribution in [-0.2, 0) is 0 Å². The number of carbonyl (C=O) groups is 1. The van der Waals surface area contributed by atoms with Crippen molar-refractivity contribution in [3.8, 4) is 17.9 Å². The summed E-state index contributed by atoms with van der Waals surface area (Å²) in [6.07, 6.45) is -4.52. The zero-order valence-electron chi connectivity index (χ0n) is 12.6. The molecule has 0 unspecified atom stereocenters. The van der Waals surface area contributed by atoms with Crippen molar-refractivity contribution < 1.29 is 22.7 Å². The van der Waals surface area contributed by atoms with Gasteiger partial charge in [0, 0.05) is 11.3 Å². The molecule has 0 aliphatic carbocycles. The van der Waals surface area contributed by atoms with Crippen LogP contribution in [0.3, 0.4) is 0 Å². The second-order valence-corrected chi connectivity index (χ2v) is 4.87. The number of nitrogens with zero attached hydrogens (tertiary/aromatic N) is 2. The highest BCUT2D eigenvalue weighted by atomic mass is 19.4. The van der Waals surface area contributed by atoms with Crippen LogP contribution in [0.4, 0.5) is 18.9 Å². The molecule has 25 heavy (non-hydrogen) atoms. The van der Waals surface area contributed by atoms with E-state index in [2.05, 4.69) is 10.1 Å². The topological polar surface area (TPSA) is 85.9 Å². The smallest absolute Gasteiger partial charge is 0.422 e. The van der Waals surface area contributed by atoms with Crippen molar-refractivity contribution in [3.05, 3.63) is 59.2 Å². The average molecular weight is 345 g/mol. The Morgan fingerprint density at radius 3 is 2.32 bits per heavy atom. The second kappa shape index (κ2) is 7.37. The molecule has 2 aromatic carbocycles. The van der Waals surface area contributed by atoms with Crippen LogP contribution in [-0.4, -0.2) is 18.7 Å². The van der Waals surface area contributed by atoms with Gasteiger partial charge in [0.05, 0.1) is 17.2 Å². The van der Waals surface area contributed by atoms with E-state index in [4.69, 9.17) is 10.5 Å². The summed E-state index contributed by atoms with van der Waals surface area (Å²) in [7, 11) is 0. The van der Waals surface area contributed by atoms with Crippen molar-refractivity contribution >= 4 is 11.6 Å². The number of nitrogens with one attached hydrogen (secondary N) is 1. The molecule has 0 spiro atoms. The Balaban J connectivity index is 2.13. The molecule has 0 atom stereocenters. The first-order valence-corrected chi connectivity index (χ1v) is 6.87.